The smallest absolute Gasteiger partial charge is 0.313 e. The van der Waals surface area contributed by atoms with Gasteiger partial charge in [0.25, 0.3) is 0 Å². The van der Waals surface area contributed by atoms with Gasteiger partial charge < -0.3 is 9.64 Å². The first-order chi connectivity index (χ1) is 11.0. The molecule has 1 aliphatic heterocycles. The molecule has 2 aromatic carbocycles. The number of hydrogen-bond acceptors (Lipinski definition) is 4. The van der Waals surface area contributed by atoms with Gasteiger partial charge in [0.2, 0.25) is 0 Å². The molecule has 7 heteroatoms. The van der Waals surface area contributed by atoms with E-state index in [0.29, 0.717) is 19.5 Å². The number of fused-ring (bicyclic) bond motifs is 1. The lowest BCUT2D eigenvalue weighted by Gasteiger charge is -2.31. The monoisotopic (exact) mass is 320 g/mol. The molecule has 0 atom stereocenters. The lowest BCUT2D eigenvalue weighted by molar-refractivity contribution is -0.385. The van der Waals surface area contributed by atoms with E-state index in [0.717, 1.165) is 17.2 Å². The van der Waals surface area contributed by atoms with Crippen LogP contribution in [-0.2, 0) is 13.0 Å². The number of halogens is 2. The zero-order valence-electron chi connectivity index (χ0n) is 12.4. The maximum absolute atomic E-state index is 14.3. The number of hydrogen-bond donors (Lipinski definition) is 0. The summed E-state index contributed by atoms with van der Waals surface area (Å²) in [5.74, 6) is -0.959. The van der Waals surface area contributed by atoms with Gasteiger partial charge in [-0.1, -0.05) is 6.07 Å². The predicted octanol–water partition coefficient (Wildman–Crippen LogP) is 3.44. The molecule has 1 heterocycles. The summed E-state index contributed by atoms with van der Waals surface area (Å²) in [6, 6.07) is 6.74. The molecule has 1 aliphatic rings. The molecule has 0 fully saturated rings. The molecule has 0 saturated carbocycles. The van der Waals surface area contributed by atoms with Crippen molar-refractivity contribution in [3.05, 3.63) is 63.2 Å². The van der Waals surface area contributed by atoms with Crippen LogP contribution in [0, 0.1) is 21.7 Å². The van der Waals surface area contributed by atoms with Crippen molar-refractivity contribution in [2.45, 2.75) is 13.0 Å². The standard InChI is InChI=1S/C16H14F2N2O3/c1-23-16-8-14(13(18)7-15(16)20(21)22)19-5-4-10-6-12(17)3-2-11(10)9-19/h2-3,6-8H,4-5,9H2,1H3. The van der Waals surface area contributed by atoms with Gasteiger partial charge in [-0.3, -0.25) is 10.1 Å². The summed E-state index contributed by atoms with van der Waals surface area (Å²) in [4.78, 5) is 12.0. The molecule has 0 N–H and O–H groups in total. The Kier molecular flexibility index (Phi) is 3.85. The summed E-state index contributed by atoms with van der Waals surface area (Å²) < 4.78 is 32.5. The molecule has 0 aliphatic carbocycles. The number of benzene rings is 2. The zero-order chi connectivity index (χ0) is 16.6. The topological polar surface area (TPSA) is 55.6 Å². The summed E-state index contributed by atoms with van der Waals surface area (Å²) in [6.45, 7) is 0.905. The predicted molar refractivity (Wildman–Crippen MR) is 80.8 cm³/mol. The number of anilines is 1. The highest BCUT2D eigenvalue weighted by Crippen LogP contribution is 2.36. The number of methoxy groups -OCH3 is 1. The Morgan fingerprint density at radius 2 is 2.00 bits per heavy atom. The Bertz CT molecular complexity index is 780. The largest absolute Gasteiger partial charge is 0.490 e. The molecule has 0 amide bonds. The first-order valence-corrected chi connectivity index (χ1v) is 7.03. The third kappa shape index (κ3) is 2.81. The summed E-state index contributed by atoms with van der Waals surface area (Å²) in [5.41, 5.74) is 1.64. The Hall–Kier alpha value is -2.70. The van der Waals surface area contributed by atoms with E-state index in [2.05, 4.69) is 0 Å². The number of nitrogens with zero attached hydrogens (tertiary/aromatic N) is 2. The highest BCUT2D eigenvalue weighted by Gasteiger charge is 2.24. The van der Waals surface area contributed by atoms with Crippen LogP contribution in [0.15, 0.2) is 30.3 Å². The first-order valence-electron chi connectivity index (χ1n) is 7.03. The second kappa shape index (κ2) is 5.83. The Labute approximate surface area is 131 Å². The zero-order valence-corrected chi connectivity index (χ0v) is 12.4. The first kappa shape index (κ1) is 15.2. The van der Waals surface area contributed by atoms with Crippen molar-refractivity contribution in [3.8, 4) is 5.75 Å². The van der Waals surface area contributed by atoms with Crippen LogP contribution in [0.4, 0.5) is 20.2 Å². The lowest BCUT2D eigenvalue weighted by Crippen LogP contribution is -2.31. The van der Waals surface area contributed by atoms with Crippen LogP contribution >= 0.6 is 0 Å². The highest BCUT2D eigenvalue weighted by atomic mass is 19.1. The second-order valence-corrected chi connectivity index (χ2v) is 5.32. The third-order valence-corrected chi connectivity index (χ3v) is 3.97. The van der Waals surface area contributed by atoms with Gasteiger partial charge in [-0.2, -0.15) is 0 Å². The summed E-state index contributed by atoms with van der Waals surface area (Å²) >= 11 is 0. The van der Waals surface area contributed by atoms with Crippen molar-refractivity contribution in [2.75, 3.05) is 18.6 Å². The van der Waals surface area contributed by atoms with Crippen LogP contribution in [0.5, 0.6) is 5.75 Å². The van der Waals surface area contributed by atoms with Crippen molar-refractivity contribution < 1.29 is 18.4 Å². The maximum atomic E-state index is 14.3. The third-order valence-electron chi connectivity index (χ3n) is 3.97. The minimum absolute atomic E-state index is 0.0105. The fraction of sp³-hybridized carbons (Fsp3) is 0.250. The van der Waals surface area contributed by atoms with E-state index < -0.39 is 16.4 Å². The number of ether oxygens (including phenoxy) is 1. The molecule has 2 aromatic rings. The van der Waals surface area contributed by atoms with Gasteiger partial charge in [-0.05, 0) is 29.7 Å². The molecule has 0 unspecified atom stereocenters. The van der Waals surface area contributed by atoms with Gasteiger partial charge in [-0.15, -0.1) is 0 Å². The second-order valence-electron chi connectivity index (χ2n) is 5.32. The van der Waals surface area contributed by atoms with Crippen molar-refractivity contribution in [3.63, 3.8) is 0 Å². The number of rotatable bonds is 3. The van der Waals surface area contributed by atoms with Crippen LogP contribution in [0.1, 0.15) is 11.1 Å². The van der Waals surface area contributed by atoms with Gasteiger partial charge >= 0.3 is 5.69 Å². The molecular formula is C16H14F2N2O3. The molecule has 120 valence electrons. The van der Waals surface area contributed by atoms with Gasteiger partial charge in [0.05, 0.1) is 23.8 Å². The van der Waals surface area contributed by atoms with Crippen LogP contribution < -0.4 is 9.64 Å². The summed E-state index contributed by atoms with van der Waals surface area (Å²) in [5, 5.41) is 10.9. The van der Waals surface area contributed by atoms with Gasteiger partial charge in [0, 0.05) is 19.2 Å². The van der Waals surface area contributed by atoms with Crippen molar-refractivity contribution in [1.29, 1.82) is 0 Å². The summed E-state index contributed by atoms with van der Waals surface area (Å²) in [6.07, 6.45) is 0.575. The van der Waals surface area contributed by atoms with E-state index in [9.17, 15) is 18.9 Å². The Morgan fingerprint density at radius 3 is 2.70 bits per heavy atom. The molecule has 0 saturated heterocycles. The number of nitro groups is 1. The molecule has 5 nitrogen and oxygen atoms in total. The van der Waals surface area contributed by atoms with Gasteiger partial charge in [-0.25, -0.2) is 8.78 Å². The van der Waals surface area contributed by atoms with E-state index in [1.54, 1.807) is 11.0 Å². The van der Waals surface area contributed by atoms with Crippen LogP contribution in [-0.4, -0.2) is 18.6 Å². The van der Waals surface area contributed by atoms with E-state index in [4.69, 9.17) is 4.74 Å². The number of nitro benzene ring substituents is 1. The van der Waals surface area contributed by atoms with Gasteiger partial charge in [0.15, 0.2) is 11.6 Å². The average Bonchev–Trinajstić information content (AvgIpc) is 2.54. The van der Waals surface area contributed by atoms with Crippen LogP contribution in [0.3, 0.4) is 0 Å². The fourth-order valence-electron chi connectivity index (χ4n) is 2.81. The fourth-order valence-corrected chi connectivity index (χ4v) is 2.81. The van der Waals surface area contributed by atoms with E-state index in [-0.39, 0.29) is 17.3 Å². The van der Waals surface area contributed by atoms with Crippen LogP contribution in [0.2, 0.25) is 0 Å². The highest BCUT2D eigenvalue weighted by molar-refractivity contribution is 5.61. The van der Waals surface area contributed by atoms with Crippen molar-refractivity contribution in [1.82, 2.24) is 0 Å². The quantitative estimate of drug-likeness (QED) is 0.642. The summed E-state index contributed by atoms with van der Waals surface area (Å²) in [7, 11) is 1.30. The Balaban J connectivity index is 1.96. The lowest BCUT2D eigenvalue weighted by atomic mass is 9.99. The van der Waals surface area contributed by atoms with E-state index >= 15 is 0 Å². The van der Waals surface area contributed by atoms with Crippen LogP contribution in [0.25, 0.3) is 0 Å². The molecule has 23 heavy (non-hydrogen) atoms. The molecule has 0 spiro atoms. The minimum atomic E-state index is -0.681. The molecule has 3 rings (SSSR count). The van der Waals surface area contributed by atoms with Crippen molar-refractivity contribution in [2.24, 2.45) is 0 Å². The molecule has 0 aromatic heterocycles. The van der Waals surface area contributed by atoms with Gasteiger partial charge in [0.1, 0.15) is 5.82 Å². The molecule has 0 bridgehead atoms. The van der Waals surface area contributed by atoms with E-state index in [1.165, 1.54) is 25.3 Å². The Morgan fingerprint density at radius 1 is 1.22 bits per heavy atom. The maximum Gasteiger partial charge on any atom is 0.313 e. The molecular weight excluding hydrogens is 306 g/mol. The van der Waals surface area contributed by atoms with E-state index in [1.807, 2.05) is 0 Å². The molecule has 0 radical (unpaired) electrons. The van der Waals surface area contributed by atoms with Crippen molar-refractivity contribution >= 4 is 11.4 Å². The minimum Gasteiger partial charge on any atom is -0.490 e. The normalized spacial score (nSPS) is 13.6. The SMILES string of the molecule is COc1cc(N2CCc3cc(F)ccc3C2)c(F)cc1[N+](=O)[O-]. The average molecular weight is 320 g/mol.